The summed E-state index contributed by atoms with van der Waals surface area (Å²) >= 11 is 0. The average Bonchev–Trinajstić information content (AvgIpc) is 2.38. The van der Waals surface area contributed by atoms with Crippen LogP contribution in [-0.4, -0.2) is 49.7 Å². The van der Waals surface area contributed by atoms with Gasteiger partial charge in [0.05, 0.1) is 0 Å². The lowest BCUT2D eigenvalue weighted by Crippen LogP contribution is -2.50. The summed E-state index contributed by atoms with van der Waals surface area (Å²) in [6, 6.07) is 0.440. The number of carbonyl (C=O) groups is 1. The van der Waals surface area contributed by atoms with Crippen LogP contribution in [0.15, 0.2) is 0 Å². The van der Waals surface area contributed by atoms with E-state index in [1.165, 1.54) is 0 Å². The molecule has 0 aromatic rings. The van der Waals surface area contributed by atoms with E-state index in [1.807, 2.05) is 18.9 Å². The first-order valence-electron chi connectivity index (χ1n) is 6.76. The molecule has 1 N–H and O–H groups in total. The number of piperidine rings is 1. The predicted molar refractivity (Wildman–Crippen MR) is 69.0 cm³/mol. The number of ether oxygens (including phenoxy) is 1. The normalized spacial score (nSPS) is 22.5. The van der Waals surface area contributed by atoms with Crippen molar-refractivity contribution < 1.29 is 9.53 Å². The molecule has 1 rings (SSSR count). The molecule has 1 saturated heterocycles. The average molecular weight is 242 g/mol. The highest BCUT2D eigenvalue weighted by atomic mass is 16.5. The first-order chi connectivity index (χ1) is 8.19. The van der Waals surface area contributed by atoms with E-state index in [2.05, 4.69) is 12.2 Å². The third-order valence-electron chi connectivity index (χ3n) is 3.35. The number of hydrogen-bond donors (Lipinski definition) is 1. The summed E-state index contributed by atoms with van der Waals surface area (Å²) < 4.78 is 5.55. The molecule has 1 aliphatic heterocycles. The second-order valence-corrected chi connectivity index (χ2v) is 4.78. The summed E-state index contributed by atoms with van der Waals surface area (Å²) in [6.07, 6.45) is 4.07. The Morgan fingerprint density at radius 3 is 3.00 bits per heavy atom. The smallest absolute Gasteiger partial charge is 0.251 e. The van der Waals surface area contributed by atoms with Gasteiger partial charge in [-0.1, -0.05) is 13.3 Å². The number of nitrogens with zero attached hydrogens (tertiary/aromatic N) is 1. The van der Waals surface area contributed by atoms with Crippen molar-refractivity contribution in [3.05, 3.63) is 0 Å². The van der Waals surface area contributed by atoms with Gasteiger partial charge in [0.1, 0.15) is 6.10 Å². The van der Waals surface area contributed by atoms with Gasteiger partial charge in [-0.2, -0.15) is 0 Å². The molecule has 2 atom stereocenters. The third kappa shape index (κ3) is 4.64. The van der Waals surface area contributed by atoms with E-state index >= 15 is 0 Å². The number of hydrogen-bond acceptors (Lipinski definition) is 3. The largest absolute Gasteiger partial charge is 0.369 e. The number of unbranched alkanes of at least 4 members (excludes halogenated alkanes) is 1. The number of nitrogens with one attached hydrogen (secondary N) is 1. The molecule has 0 aromatic carbocycles. The standard InChI is InChI=1S/C13H26N2O2/c1-4-5-9-17-11(2)13(16)15-8-6-7-12(10-15)14-3/h11-12,14H,4-10H2,1-3H3. The highest BCUT2D eigenvalue weighted by molar-refractivity contribution is 5.80. The Morgan fingerprint density at radius 2 is 2.35 bits per heavy atom. The molecular weight excluding hydrogens is 216 g/mol. The van der Waals surface area contributed by atoms with Crippen molar-refractivity contribution in [1.29, 1.82) is 0 Å². The van der Waals surface area contributed by atoms with E-state index in [9.17, 15) is 4.79 Å². The third-order valence-corrected chi connectivity index (χ3v) is 3.35. The van der Waals surface area contributed by atoms with Gasteiger partial charge in [-0.15, -0.1) is 0 Å². The Bertz CT molecular complexity index is 233. The number of carbonyl (C=O) groups excluding carboxylic acids is 1. The molecule has 2 unspecified atom stereocenters. The number of likely N-dealkylation sites (tertiary alicyclic amines) is 1. The van der Waals surface area contributed by atoms with Crippen molar-refractivity contribution >= 4 is 5.91 Å². The van der Waals surface area contributed by atoms with Gasteiger partial charge in [0.25, 0.3) is 5.91 Å². The molecule has 0 bridgehead atoms. The Morgan fingerprint density at radius 1 is 1.59 bits per heavy atom. The summed E-state index contributed by atoms with van der Waals surface area (Å²) in [7, 11) is 1.96. The van der Waals surface area contributed by atoms with Crippen LogP contribution in [0.4, 0.5) is 0 Å². The van der Waals surface area contributed by atoms with Crippen molar-refractivity contribution in [3.8, 4) is 0 Å². The van der Waals surface area contributed by atoms with E-state index in [1.54, 1.807) is 0 Å². The number of likely N-dealkylation sites (N-methyl/N-ethyl adjacent to an activating group) is 1. The highest BCUT2D eigenvalue weighted by Gasteiger charge is 2.26. The molecule has 1 fully saturated rings. The van der Waals surface area contributed by atoms with Crippen LogP contribution >= 0.6 is 0 Å². The zero-order chi connectivity index (χ0) is 12.7. The van der Waals surface area contributed by atoms with Crippen molar-refractivity contribution in [2.45, 2.75) is 51.7 Å². The molecule has 0 spiro atoms. The number of amides is 1. The Hall–Kier alpha value is -0.610. The molecule has 1 heterocycles. The Labute approximate surface area is 105 Å². The van der Waals surface area contributed by atoms with Crippen LogP contribution in [0.1, 0.15) is 39.5 Å². The first kappa shape index (κ1) is 14.5. The van der Waals surface area contributed by atoms with Crippen LogP contribution in [-0.2, 0) is 9.53 Å². The molecule has 1 amide bonds. The molecule has 0 saturated carbocycles. The zero-order valence-corrected chi connectivity index (χ0v) is 11.4. The minimum Gasteiger partial charge on any atom is -0.369 e. The summed E-state index contributed by atoms with van der Waals surface area (Å²) in [5.41, 5.74) is 0. The van der Waals surface area contributed by atoms with Crippen LogP contribution in [0.25, 0.3) is 0 Å². The van der Waals surface area contributed by atoms with Crippen LogP contribution < -0.4 is 5.32 Å². The monoisotopic (exact) mass is 242 g/mol. The molecule has 100 valence electrons. The van der Waals surface area contributed by atoms with E-state index in [4.69, 9.17) is 4.74 Å². The van der Waals surface area contributed by atoms with E-state index in [0.717, 1.165) is 38.8 Å². The topological polar surface area (TPSA) is 41.6 Å². The minimum absolute atomic E-state index is 0.140. The van der Waals surface area contributed by atoms with Crippen molar-refractivity contribution in [1.82, 2.24) is 10.2 Å². The maximum atomic E-state index is 12.1. The SMILES string of the molecule is CCCCOC(C)C(=O)N1CCCC(NC)C1. The minimum atomic E-state index is -0.294. The van der Waals surface area contributed by atoms with Crippen LogP contribution in [0.2, 0.25) is 0 Å². The fraction of sp³-hybridized carbons (Fsp3) is 0.923. The van der Waals surface area contributed by atoms with Crippen LogP contribution in [0, 0.1) is 0 Å². The van der Waals surface area contributed by atoms with Gasteiger partial charge in [0.2, 0.25) is 0 Å². The maximum absolute atomic E-state index is 12.1. The summed E-state index contributed by atoms with van der Waals surface area (Å²) in [5.74, 6) is 0.140. The zero-order valence-electron chi connectivity index (χ0n) is 11.4. The van der Waals surface area contributed by atoms with Crippen molar-refractivity contribution in [3.63, 3.8) is 0 Å². The molecule has 0 aliphatic carbocycles. The molecular formula is C13H26N2O2. The second-order valence-electron chi connectivity index (χ2n) is 4.78. The maximum Gasteiger partial charge on any atom is 0.251 e. The first-order valence-corrected chi connectivity index (χ1v) is 6.76. The summed E-state index contributed by atoms with van der Waals surface area (Å²) in [4.78, 5) is 14.1. The predicted octanol–water partition coefficient (Wildman–Crippen LogP) is 1.40. The fourth-order valence-corrected chi connectivity index (χ4v) is 2.15. The highest BCUT2D eigenvalue weighted by Crippen LogP contribution is 2.12. The molecule has 4 heteroatoms. The lowest BCUT2D eigenvalue weighted by Gasteiger charge is -2.34. The van der Waals surface area contributed by atoms with Gasteiger partial charge < -0.3 is 15.0 Å². The van der Waals surface area contributed by atoms with Gasteiger partial charge in [-0.3, -0.25) is 4.79 Å². The number of rotatable bonds is 6. The van der Waals surface area contributed by atoms with Gasteiger partial charge in [0.15, 0.2) is 0 Å². The lowest BCUT2D eigenvalue weighted by atomic mass is 10.1. The molecule has 0 aromatic heterocycles. The van der Waals surface area contributed by atoms with E-state index in [-0.39, 0.29) is 12.0 Å². The molecule has 4 nitrogen and oxygen atoms in total. The Kier molecular flexibility index (Phi) is 6.52. The van der Waals surface area contributed by atoms with E-state index < -0.39 is 0 Å². The van der Waals surface area contributed by atoms with Crippen LogP contribution in [0.5, 0.6) is 0 Å². The van der Waals surface area contributed by atoms with Crippen molar-refractivity contribution in [2.24, 2.45) is 0 Å². The van der Waals surface area contributed by atoms with Gasteiger partial charge in [-0.05, 0) is 33.2 Å². The fourth-order valence-electron chi connectivity index (χ4n) is 2.15. The lowest BCUT2D eigenvalue weighted by molar-refractivity contribution is -0.144. The quantitative estimate of drug-likeness (QED) is 0.716. The van der Waals surface area contributed by atoms with Gasteiger partial charge in [0, 0.05) is 25.7 Å². The Balaban J connectivity index is 2.34. The summed E-state index contributed by atoms with van der Waals surface area (Å²) in [5, 5.41) is 3.25. The van der Waals surface area contributed by atoms with Gasteiger partial charge in [-0.25, -0.2) is 0 Å². The molecule has 1 aliphatic rings. The summed E-state index contributed by atoms with van der Waals surface area (Å²) in [6.45, 7) is 6.36. The van der Waals surface area contributed by atoms with Gasteiger partial charge >= 0.3 is 0 Å². The van der Waals surface area contributed by atoms with Crippen LogP contribution in [0.3, 0.4) is 0 Å². The second kappa shape index (κ2) is 7.67. The van der Waals surface area contributed by atoms with E-state index in [0.29, 0.717) is 12.6 Å². The van der Waals surface area contributed by atoms with Crippen molar-refractivity contribution in [2.75, 3.05) is 26.7 Å². The molecule has 0 radical (unpaired) electrons. The molecule has 17 heavy (non-hydrogen) atoms.